The van der Waals surface area contributed by atoms with Crippen LogP contribution in [0.5, 0.6) is 0 Å². The minimum Gasteiger partial charge on any atom is -0.469 e. The van der Waals surface area contributed by atoms with E-state index >= 15 is 0 Å². The van der Waals surface area contributed by atoms with E-state index in [0.29, 0.717) is 0 Å². The van der Waals surface area contributed by atoms with E-state index in [1.807, 2.05) is 13.8 Å². The summed E-state index contributed by atoms with van der Waals surface area (Å²) < 4.78 is 5.16. The lowest BCUT2D eigenvalue weighted by Crippen LogP contribution is -2.19. The molecule has 0 radical (unpaired) electrons. The zero-order valence-corrected chi connectivity index (χ0v) is 6.68. The SMILES string of the molecule is CC1(C)Cc2occc2C1=O. The number of hydrogen-bond donors (Lipinski definition) is 0. The smallest absolute Gasteiger partial charge is 0.172 e. The quantitative estimate of drug-likeness (QED) is 0.566. The zero-order valence-electron chi connectivity index (χ0n) is 6.68. The van der Waals surface area contributed by atoms with Crippen LogP contribution < -0.4 is 0 Å². The summed E-state index contributed by atoms with van der Waals surface area (Å²) in [5.41, 5.74) is 0.533. The van der Waals surface area contributed by atoms with Crippen molar-refractivity contribution in [1.82, 2.24) is 0 Å². The molecule has 2 rings (SSSR count). The molecule has 0 saturated carbocycles. The lowest BCUT2D eigenvalue weighted by molar-refractivity contribution is 0.0861. The Kier molecular flexibility index (Phi) is 1.06. The Labute approximate surface area is 65.2 Å². The fraction of sp³-hybridized carbons (Fsp3) is 0.444. The average Bonchev–Trinajstić information content (AvgIpc) is 2.39. The second kappa shape index (κ2) is 1.76. The van der Waals surface area contributed by atoms with Gasteiger partial charge in [-0.15, -0.1) is 0 Å². The number of carbonyl (C=O) groups is 1. The van der Waals surface area contributed by atoms with E-state index < -0.39 is 0 Å². The van der Waals surface area contributed by atoms with E-state index in [4.69, 9.17) is 4.42 Å². The molecule has 0 fully saturated rings. The summed E-state index contributed by atoms with van der Waals surface area (Å²) in [4.78, 5) is 11.5. The highest BCUT2D eigenvalue weighted by Crippen LogP contribution is 2.36. The van der Waals surface area contributed by atoms with Gasteiger partial charge in [-0.1, -0.05) is 13.8 Å². The van der Waals surface area contributed by atoms with Crippen molar-refractivity contribution in [2.24, 2.45) is 5.41 Å². The number of ketones is 1. The van der Waals surface area contributed by atoms with Crippen LogP contribution in [0.1, 0.15) is 30.0 Å². The van der Waals surface area contributed by atoms with Gasteiger partial charge in [-0.05, 0) is 6.07 Å². The van der Waals surface area contributed by atoms with E-state index in [1.54, 1.807) is 12.3 Å². The van der Waals surface area contributed by atoms with Crippen molar-refractivity contribution in [3.63, 3.8) is 0 Å². The molecule has 1 aliphatic rings. The van der Waals surface area contributed by atoms with Crippen LogP contribution in [0.2, 0.25) is 0 Å². The van der Waals surface area contributed by atoms with E-state index in [1.165, 1.54) is 0 Å². The van der Waals surface area contributed by atoms with Crippen molar-refractivity contribution in [2.45, 2.75) is 20.3 Å². The summed E-state index contributed by atoms with van der Waals surface area (Å²) >= 11 is 0. The van der Waals surface area contributed by atoms with E-state index in [0.717, 1.165) is 17.7 Å². The van der Waals surface area contributed by atoms with Gasteiger partial charge in [0.15, 0.2) is 5.78 Å². The first kappa shape index (κ1) is 6.65. The van der Waals surface area contributed by atoms with E-state index in [9.17, 15) is 4.79 Å². The molecule has 1 aromatic heterocycles. The molecule has 0 atom stereocenters. The molecule has 2 nitrogen and oxygen atoms in total. The second-order valence-electron chi connectivity index (χ2n) is 3.65. The fourth-order valence-corrected chi connectivity index (χ4v) is 1.53. The predicted octanol–water partition coefficient (Wildman–Crippen LogP) is 2.04. The van der Waals surface area contributed by atoms with Gasteiger partial charge in [0.2, 0.25) is 0 Å². The highest BCUT2D eigenvalue weighted by Gasteiger charge is 2.39. The van der Waals surface area contributed by atoms with Crippen molar-refractivity contribution < 1.29 is 9.21 Å². The van der Waals surface area contributed by atoms with Crippen LogP contribution in [0, 0.1) is 5.41 Å². The Balaban J connectivity index is 2.54. The summed E-state index contributed by atoms with van der Waals surface area (Å²) in [6.45, 7) is 3.90. The number of carbonyl (C=O) groups excluding carboxylic acids is 1. The Morgan fingerprint density at radius 1 is 1.55 bits per heavy atom. The number of hydrogen-bond acceptors (Lipinski definition) is 2. The highest BCUT2D eigenvalue weighted by atomic mass is 16.3. The molecule has 1 aromatic rings. The molecule has 2 heteroatoms. The minimum atomic E-state index is -0.241. The standard InChI is InChI=1S/C9H10O2/c1-9(2)5-7-6(8(9)10)3-4-11-7/h3-4H,5H2,1-2H3. The Morgan fingerprint density at radius 2 is 2.27 bits per heavy atom. The molecule has 0 unspecified atom stereocenters. The maximum atomic E-state index is 11.5. The van der Waals surface area contributed by atoms with Crippen LogP contribution in [-0.4, -0.2) is 5.78 Å². The molecular formula is C9H10O2. The molecule has 0 bridgehead atoms. The average molecular weight is 150 g/mol. The Morgan fingerprint density at radius 3 is 2.91 bits per heavy atom. The number of fused-ring (bicyclic) bond motifs is 1. The largest absolute Gasteiger partial charge is 0.469 e. The van der Waals surface area contributed by atoms with Gasteiger partial charge < -0.3 is 4.42 Å². The van der Waals surface area contributed by atoms with Gasteiger partial charge in [0.1, 0.15) is 5.76 Å². The molecule has 11 heavy (non-hydrogen) atoms. The van der Waals surface area contributed by atoms with Gasteiger partial charge in [0.25, 0.3) is 0 Å². The normalized spacial score (nSPS) is 20.4. The number of furan rings is 1. The van der Waals surface area contributed by atoms with Crippen molar-refractivity contribution >= 4 is 5.78 Å². The van der Waals surface area contributed by atoms with Crippen LogP contribution in [-0.2, 0) is 6.42 Å². The third-order valence-corrected chi connectivity index (χ3v) is 2.21. The fourth-order valence-electron chi connectivity index (χ4n) is 1.53. The summed E-state index contributed by atoms with van der Waals surface area (Å²) in [5, 5.41) is 0. The van der Waals surface area contributed by atoms with E-state index in [2.05, 4.69) is 0 Å². The number of rotatable bonds is 0. The lowest BCUT2D eigenvalue weighted by atomic mass is 9.89. The summed E-state index contributed by atoms with van der Waals surface area (Å²) in [7, 11) is 0. The topological polar surface area (TPSA) is 30.2 Å². The summed E-state index contributed by atoms with van der Waals surface area (Å²) in [6, 6.07) is 1.76. The van der Waals surface area contributed by atoms with Crippen LogP contribution in [0.3, 0.4) is 0 Å². The lowest BCUT2D eigenvalue weighted by Gasteiger charge is -2.12. The van der Waals surface area contributed by atoms with Gasteiger partial charge in [-0.3, -0.25) is 4.79 Å². The first-order chi connectivity index (χ1) is 5.11. The zero-order chi connectivity index (χ0) is 8.06. The first-order valence-corrected chi connectivity index (χ1v) is 3.72. The Hall–Kier alpha value is -1.05. The molecule has 0 amide bonds. The van der Waals surface area contributed by atoms with Gasteiger partial charge in [0, 0.05) is 11.8 Å². The van der Waals surface area contributed by atoms with Gasteiger partial charge in [0.05, 0.1) is 11.8 Å². The molecule has 0 aromatic carbocycles. The van der Waals surface area contributed by atoms with E-state index in [-0.39, 0.29) is 11.2 Å². The first-order valence-electron chi connectivity index (χ1n) is 3.72. The van der Waals surface area contributed by atoms with Crippen LogP contribution >= 0.6 is 0 Å². The third-order valence-electron chi connectivity index (χ3n) is 2.21. The summed E-state index contributed by atoms with van der Waals surface area (Å²) in [6.07, 6.45) is 2.33. The maximum absolute atomic E-state index is 11.5. The predicted molar refractivity (Wildman–Crippen MR) is 40.5 cm³/mol. The van der Waals surface area contributed by atoms with Crippen LogP contribution in [0.4, 0.5) is 0 Å². The minimum absolute atomic E-state index is 0.209. The maximum Gasteiger partial charge on any atom is 0.172 e. The van der Waals surface area contributed by atoms with Crippen LogP contribution in [0.15, 0.2) is 16.7 Å². The molecule has 1 heterocycles. The monoisotopic (exact) mass is 150 g/mol. The van der Waals surface area contributed by atoms with Crippen LogP contribution in [0.25, 0.3) is 0 Å². The molecule has 0 aliphatic heterocycles. The molecule has 58 valence electrons. The second-order valence-corrected chi connectivity index (χ2v) is 3.65. The number of Topliss-reactive ketones (excluding diaryl/α,β-unsaturated/α-hetero) is 1. The molecule has 1 aliphatic carbocycles. The Bertz CT molecular complexity index is 307. The third kappa shape index (κ3) is 0.754. The van der Waals surface area contributed by atoms with Crippen molar-refractivity contribution in [3.05, 3.63) is 23.7 Å². The van der Waals surface area contributed by atoms with Gasteiger partial charge in [-0.25, -0.2) is 0 Å². The van der Waals surface area contributed by atoms with Crippen molar-refractivity contribution in [1.29, 1.82) is 0 Å². The van der Waals surface area contributed by atoms with Gasteiger partial charge in [-0.2, -0.15) is 0 Å². The molecule has 0 N–H and O–H groups in total. The van der Waals surface area contributed by atoms with Crippen molar-refractivity contribution in [3.8, 4) is 0 Å². The van der Waals surface area contributed by atoms with Gasteiger partial charge >= 0.3 is 0 Å². The molecular weight excluding hydrogens is 140 g/mol. The summed E-state index contributed by atoms with van der Waals surface area (Å²) in [5.74, 6) is 1.06. The van der Waals surface area contributed by atoms with Crippen molar-refractivity contribution in [2.75, 3.05) is 0 Å². The molecule has 0 saturated heterocycles. The molecule has 0 spiro atoms. The highest BCUT2D eigenvalue weighted by molar-refractivity contribution is 6.03.